The van der Waals surface area contributed by atoms with Gasteiger partial charge < -0.3 is 11.1 Å². The molecule has 1 aromatic carbocycles. The summed E-state index contributed by atoms with van der Waals surface area (Å²) in [7, 11) is 0. The lowest BCUT2D eigenvalue weighted by atomic mass is 9.88. The van der Waals surface area contributed by atoms with Crippen molar-refractivity contribution in [2.45, 2.75) is 50.7 Å². The molecule has 2 aliphatic rings. The Hall–Kier alpha value is -2.51. The number of benzene rings is 1. The summed E-state index contributed by atoms with van der Waals surface area (Å²) < 4.78 is 1.51. The van der Waals surface area contributed by atoms with Crippen LogP contribution in [0.2, 0.25) is 0 Å². The summed E-state index contributed by atoms with van der Waals surface area (Å²) >= 11 is 0. The van der Waals surface area contributed by atoms with Crippen LogP contribution < -0.4 is 16.7 Å². The maximum absolute atomic E-state index is 12.2. The summed E-state index contributed by atoms with van der Waals surface area (Å²) in [4.78, 5) is 29.2. The van der Waals surface area contributed by atoms with Gasteiger partial charge in [-0.25, -0.2) is 4.79 Å². The van der Waals surface area contributed by atoms with Gasteiger partial charge in [0, 0.05) is 31.4 Å². The second-order valence-electron chi connectivity index (χ2n) is 7.47. The quantitative estimate of drug-likeness (QED) is 0.798. The molecule has 0 radical (unpaired) electrons. The highest BCUT2D eigenvalue weighted by atomic mass is 16.1. The standard InChI is InChI=1S/C20H25N5O2/c21-16-2-5-17(6-3-16)24-9-7-14-11-18(4-1-15(14)12-24)25-10-8-19(22-13-26)23-20(25)27/h1,4,8,10-11,13,16-17H,2-3,5-7,9,12,21H2,(H,22,23,26,27). The fourth-order valence-corrected chi connectivity index (χ4v) is 4.23. The molecule has 0 atom stereocenters. The molecule has 4 rings (SSSR count). The third kappa shape index (κ3) is 3.79. The summed E-state index contributed by atoms with van der Waals surface area (Å²) in [6.07, 6.45) is 7.77. The maximum atomic E-state index is 12.2. The maximum Gasteiger partial charge on any atom is 0.354 e. The number of anilines is 1. The van der Waals surface area contributed by atoms with E-state index in [4.69, 9.17) is 5.73 Å². The molecular formula is C20H25N5O2. The molecule has 0 bridgehead atoms. The van der Waals surface area contributed by atoms with Crippen LogP contribution in [0, 0.1) is 0 Å². The Labute approximate surface area is 158 Å². The minimum absolute atomic E-state index is 0.257. The molecule has 3 N–H and O–H groups in total. The van der Waals surface area contributed by atoms with Crippen LogP contribution in [0.3, 0.4) is 0 Å². The van der Waals surface area contributed by atoms with E-state index in [0.29, 0.717) is 18.5 Å². The predicted octanol–water partition coefficient (Wildman–Crippen LogP) is 1.43. The fourth-order valence-electron chi connectivity index (χ4n) is 4.23. The van der Waals surface area contributed by atoms with Gasteiger partial charge in [0.15, 0.2) is 0 Å². The molecule has 1 saturated carbocycles. The van der Waals surface area contributed by atoms with Crippen molar-refractivity contribution in [2.24, 2.45) is 5.73 Å². The average molecular weight is 367 g/mol. The number of nitrogens with zero attached hydrogens (tertiary/aromatic N) is 3. The number of hydrogen-bond donors (Lipinski definition) is 2. The molecule has 1 aromatic heterocycles. The lowest BCUT2D eigenvalue weighted by Crippen LogP contribution is -2.43. The lowest BCUT2D eigenvalue weighted by molar-refractivity contribution is -0.105. The normalized spacial score (nSPS) is 22.9. The molecule has 142 valence electrons. The van der Waals surface area contributed by atoms with Gasteiger partial charge in [0.1, 0.15) is 5.82 Å². The smallest absolute Gasteiger partial charge is 0.328 e. The Balaban J connectivity index is 1.52. The highest BCUT2D eigenvalue weighted by Gasteiger charge is 2.27. The number of rotatable bonds is 4. The van der Waals surface area contributed by atoms with E-state index in [0.717, 1.165) is 38.0 Å². The van der Waals surface area contributed by atoms with Crippen molar-refractivity contribution >= 4 is 12.2 Å². The second-order valence-corrected chi connectivity index (χ2v) is 7.47. The number of amides is 1. The molecule has 7 nitrogen and oxygen atoms in total. The average Bonchev–Trinajstić information content (AvgIpc) is 2.68. The molecule has 0 unspecified atom stereocenters. The third-order valence-corrected chi connectivity index (χ3v) is 5.78. The molecule has 1 amide bonds. The van der Waals surface area contributed by atoms with E-state index in [9.17, 15) is 9.59 Å². The molecule has 2 aromatic rings. The van der Waals surface area contributed by atoms with Crippen molar-refractivity contribution in [1.29, 1.82) is 0 Å². The summed E-state index contributed by atoms with van der Waals surface area (Å²) in [5.41, 5.74) is 9.07. The van der Waals surface area contributed by atoms with E-state index >= 15 is 0 Å². The first-order valence-corrected chi connectivity index (χ1v) is 9.56. The zero-order valence-corrected chi connectivity index (χ0v) is 15.3. The van der Waals surface area contributed by atoms with E-state index in [2.05, 4.69) is 27.3 Å². The monoisotopic (exact) mass is 367 g/mol. The van der Waals surface area contributed by atoms with Crippen LogP contribution in [-0.4, -0.2) is 39.5 Å². The van der Waals surface area contributed by atoms with Crippen molar-refractivity contribution in [3.05, 3.63) is 52.1 Å². The van der Waals surface area contributed by atoms with E-state index in [1.165, 1.54) is 28.5 Å². The van der Waals surface area contributed by atoms with Gasteiger partial charge in [-0.15, -0.1) is 0 Å². The molecule has 0 spiro atoms. The number of nitrogens with two attached hydrogens (primary N) is 1. The topological polar surface area (TPSA) is 93.2 Å². The summed E-state index contributed by atoms with van der Waals surface area (Å²) in [5, 5.41) is 2.40. The minimum Gasteiger partial charge on any atom is -0.328 e. The first-order chi connectivity index (χ1) is 13.1. The second kappa shape index (κ2) is 7.62. The van der Waals surface area contributed by atoms with Gasteiger partial charge in [-0.3, -0.25) is 14.3 Å². The Morgan fingerprint density at radius 3 is 2.70 bits per heavy atom. The van der Waals surface area contributed by atoms with Gasteiger partial charge in [-0.1, -0.05) is 6.07 Å². The Kier molecular flexibility index (Phi) is 5.05. The summed E-state index contributed by atoms with van der Waals surface area (Å²) in [5.74, 6) is 0.257. The van der Waals surface area contributed by atoms with E-state index in [1.807, 2.05) is 6.07 Å². The van der Waals surface area contributed by atoms with Crippen LogP contribution in [0.1, 0.15) is 36.8 Å². The van der Waals surface area contributed by atoms with Gasteiger partial charge >= 0.3 is 5.69 Å². The molecule has 1 aliphatic carbocycles. The van der Waals surface area contributed by atoms with Crippen molar-refractivity contribution in [3.63, 3.8) is 0 Å². The molecular weight excluding hydrogens is 342 g/mol. The van der Waals surface area contributed by atoms with E-state index in [1.54, 1.807) is 12.3 Å². The van der Waals surface area contributed by atoms with Crippen molar-refractivity contribution in [2.75, 3.05) is 11.9 Å². The highest BCUT2D eigenvalue weighted by Crippen LogP contribution is 2.28. The van der Waals surface area contributed by atoms with Crippen LogP contribution in [0.5, 0.6) is 0 Å². The minimum atomic E-state index is -0.405. The Bertz CT molecular complexity index is 886. The van der Waals surface area contributed by atoms with Crippen LogP contribution in [0.15, 0.2) is 35.3 Å². The largest absolute Gasteiger partial charge is 0.354 e. The predicted molar refractivity (Wildman–Crippen MR) is 104 cm³/mol. The van der Waals surface area contributed by atoms with Gasteiger partial charge in [0.2, 0.25) is 6.41 Å². The molecule has 7 heteroatoms. The number of carbonyl (C=O) groups excluding carboxylic acids is 1. The summed E-state index contributed by atoms with van der Waals surface area (Å²) in [6, 6.07) is 8.80. The van der Waals surface area contributed by atoms with Gasteiger partial charge in [-0.05, 0) is 61.4 Å². The number of fused-ring (bicyclic) bond motifs is 1. The van der Waals surface area contributed by atoms with Crippen LogP contribution in [-0.2, 0) is 17.8 Å². The van der Waals surface area contributed by atoms with E-state index < -0.39 is 5.69 Å². The van der Waals surface area contributed by atoms with Crippen molar-refractivity contribution in [3.8, 4) is 5.69 Å². The molecule has 1 fully saturated rings. The van der Waals surface area contributed by atoms with Crippen LogP contribution in [0.4, 0.5) is 5.82 Å². The number of carbonyl (C=O) groups is 1. The number of hydrogen-bond acceptors (Lipinski definition) is 5. The number of nitrogens with one attached hydrogen (secondary N) is 1. The zero-order valence-electron chi connectivity index (χ0n) is 15.3. The molecule has 2 heterocycles. The SMILES string of the molecule is NC1CCC(N2CCc3cc(-n4ccc(NC=O)nc4=O)ccc3C2)CC1. The lowest BCUT2D eigenvalue weighted by Gasteiger charge is -2.39. The molecule has 0 saturated heterocycles. The van der Waals surface area contributed by atoms with Crippen LogP contribution in [0.25, 0.3) is 5.69 Å². The molecule has 1 aliphatic heterocycles. The first-order valence-electron chi connectivity index (χ1n) is 9.56. The van der Waals surface area contributed by atoms with Gasteiger partial charge in [0.05, 0.1) is 5.69 Å². The van der Waals surface area contributed by atoms with Crippen molar-refractivity contribution < 1.29 is 4.79 Å². The van der Waals surface area contributed by atoms with Crippen LogP contribution >= 0.6 is 0 Å². The Morgan fingerprint density at radius 1 is 1.15 bits per heavy atom. The van der Waals surface area contributed by atoms with E-state index in [-0.39, 0.29) is 5.82 Å². The highest BCUT2D eigenvalue weighted by molar-refractivity contribution is 5.68. The third-order valence-electron chi connectivity index (χ3n) is 5.78. The van der Waals surface area contributed by atoms with Gasteiger partial charge in [0.25, 0.3) is 0 Å². The zero-order chi connectivity index (χ0) is 18.8. The van der Waals surface area contributed by atoms with Crippen molar-refractivity contribution in [1.82, 2.24) is 14.5 Å². The Morgan fingerprint density at radius 2 is 1.96 bits per heavy atom. The number of aromatic nitrogens is 2. The summed E-state index contributed by atoms with van der Waals surface area (Å²) in [6.45, 7) is 2.01. The van der Waals surface area contributed by atoms with Gasteiger partial charge in [-0.2, -0.15) is 4.98 Å². The molecule has 27 heavy (non-hydrogen) atoms. The fraction of sp³-hybridized carbons (Fsp3) is 0.450. The first kappa shape index (κ1) is 17.9.